The summed E-state index contributed by atoms with van der Waals surface area (Å²) in [7, 11) is 0. The lowest BCUT2D eigenvalue weighted by atomic mass is 10.4. The molecule has 1 aliphatic rings. The molecule has 4 nitrogen and oxygen atoms in total. The molecular weight excluding hydrogens is 271 g/mol. The quantitative estimate of drug-likeness (QED) is 0.741. The van der Waals surface area contributed by atoms with Crippen molar-refractivity contribution in [3.63, 3.8) is 0 Å². The van der Waals surface area contributed by atoms with Gasteiger partial charge in [0.15, 0.2) is 0 Å². The van der Waals surface area contributed by atoms with Gasteiger partial charge in [0, 0.05) is 25.8 Å². The van der Waals surface area contributed by atoms with E-state index < -0.39 is 12.0 Å². The zero-order valence-electron chi connectivity index (χ0n) is 9.37. The second-order valence-electron chi connectivity index (χ2n) is 3.82. The predicted octanol–water partition coefficient (Wildman–Crippen LogP) is 2.38. The third-order valence-corrected chi connectivity index (χ3v) is 2.67. The maximum Gasteiger partial charge on any atom is 0.451 e. The third-order valence-electron chi connectivity index (χ3n) is 2.48. The number of nitrogens with zero attached hydrogens (tertiary/aromatic N) is 3. The minimum Gasteiger partial charge on any atom is -0.380 e. The van der Waals surface area contributed by atoms with Crippen LogP contribution >= 0.6 is 11.6 Å². The predicted molar refractivity (Wildman–Crippen MR) is 59.7 cm³/mol. The summed E-state index contributed by atoms with van der Waals surface area (Å²) < 4.78 is 42.9. The van der Waals surface area contributed by atoms with Crippen LogP contribution in [0, 0.1) is 0 Å². The number of hydrogen-bond acceptors (Lipinski definition) is 4. The van der Waals surface area contributed by atoms with Crippen LogP contribution in [-0.2, 0) is 10.9 Å². The molecule has 0 aliphatic carbocycles. The Morgan fingerprint density at radius 3 is 2.72 bits per heavy atom. The minimum absolute atomic E-state index is 0.188. The zero-order chi connectivity index (χ0) is 13.2. The highest BCUT2D eigenvalue weighted by molar-refractivity contribution is 6.29. The molecule has 0 atom stereocenters. The van der Waals surface area contributed by atoms with E-state index in [2.05, 4.69) is 9.97 Å². The summed E-state index contributed by atoms with van der Waals surface area (Å²) >= 11 is 5.61. The van der Waals surface area contributed by atoms with Crippen molar-refractivity contribution in [2.75, 3.05) is 31.2 Å². The summed E-state index contributed by atoms with van der Waals surface area (Å²) in [6, 6.07) is 1.34. The average molecular weight is 282 g/mol. The summed E-state index contributed by atoms with van der Waals surface area (Å²) in [5.74, 6) is -1.03. The summed E-state index contributed by atoms with van der Waals surface area (Å²) in [4.78, 5) is 8.43. The van der Waals surface area contributed by atoms with E-state index in [9.17, 15) is 13.2 Å². The van der Waals surface area contributed by atoms with E-state index in [-0.39, 0.29) is 11.0 Å². The van der Waals surface area contributed by atoms with Crippen molar-refractivity contribution in [3.8, 4) is 0 Å². The van der Waals surface area contributed by atoms with Crippen molar-refractivity contribution >= 4 is 17.4 Å². The van der Waals surface area contributed by atoms with E-state index in [1.165, 1.54) is 6.07 Å². The van der Waals surface area contributed by atoms with E-state index in [1.807, 2.05) is 0 Å². The van der Waals surface area contributed by atoms with Crippen LogP contribution in [0.25, 0.3) is 0 Å². The lowest BCUT2D eigenvalue weighted by Gasteiger charge is -2.21. The number of rotatable bonds is 1. The fraction of sp³-hybridized carbons (Fsp3) is 0.600. The van der Waals surface area contributed by atoms with Gasteiger partial charge in [-0.05, 0) is 6.42 Å². The van der Waals surface area contributed by atoms with E-state index in [1.54, 1.807) is 4.90 Å². The van der Waals surface area contributed by atoms with Gasteiger partial charge in [0.2, 0.25) is 5.82 Å². The van der Waals surface area contributed by atoms with Crippen molar-refractivity contribution < 1.29 is 17.9 Å². The molecular formula is C10H11ClF3N3O. The lowest BCUT2D eigenvalue weighted by molar-refractivity contribution is -0.144. The van der Waals surface area contributed by atoms with Crippen LogP contribution in [0.15, 0.2) is 6.07 Å². The zero-order valence-corrected chi connectivity index (χ0v) is 10.1. The molecule has 100 valence electrons. The maximum atomic E-state index is 12.6. The largest absolute Gasteiger partial charge is 0.451 e. The highest BCUT2D eigenvalue weighted by atomic mass is 35.5. The number of anilines is 1. The van der Waals surface area contributed by atoms with Crippen molar-refractivity contribution in [3.05, 3.63) is 17.0 Å². The Kier molecular flexibility index (Phi) is 3.91. The molecule has 1 aromatic rings. The molecule has 18 heavy (non-hydrogen) atoms. The highest BCUT2D eigenvalue weighted by Crippen LogP contribution is 2.29. The van der Waals surface area contributed by atoms with Crippen LogP contribution in [-0.4, -0.2) is 36.3 Å². The Balaban J connectivity index is 2.29. The molecule has 0 N–H and O–H groups in total. The minimum atomic E-state index is -4.60. The molecule has 0 unspecified atom stereocenters. The maximum absolute atomic E-state index is 12.6. The second-order valence-corrected chi connectivity index (χ2v) is 4.21. The van der Waals surface area contributed by atoms with Crippen LogP contribution in [0.4, 0.5) is 19.0 Å². The molecule has 0 aromatic carbocycles. The molecule has 1 fully saturated rings. The van der Waals surface area contributed by atoms with Crippen molar-refractivity contribution in [1.82, 2.24) is 9.97 Å². The Bertz CT molecular complexity index is 419. The Morgan fingerprint density at radius 1 is 1.22 bits per heavy atom. The monoisotopic (exact) mass is 281 g/mol. The van der Waals surface area contributed by atoms with Crippen molar-refractivity contribution in [2.45, 2.75) is 12.6 Å². The fourth-order valence-corrected chi connectivity index (χ4v) is 1.85. The van der Waals surface area contributed by atoms with Gasteiger partial charge in [-0.2, -0.15) is 13.2 Å². The molecule has 0 radical (unpaired) electrons. The topological polar surface area (TPSA) is 38.2 Å². The van der Waals surface area contributed by atoms with Gasteiger partial charge in [0.25, 0.3) is 0 Å². The number of aromatic nitrogens is 2. The fourth-order valence-electron chi connectivity index (χ4n) is 1.67. The summed E-state index contributed by atoms with van der Waals surface area (Å²) in [5.41, 5.74) is 0. The molecule has 1 saturated heterocycles. The molecule has 0 saturated carbocycles. The van der Waals surface area contributed by atoms with Crippen molar-refractivity contribution in [2.24, 2.45) is 0 Å². The van der Waals surface area contributed by atoms with Crippen LogP contribution < -0.4 is 4.90 Å². The van der Waals surface area contributed by atoms with Gasteiger partial charge < -0.3 is 9.64 Å². The van der Waals surface area contributed by atoms with Gasteiger partial charge in [0.1, 0.15) is 11.0 Å². The molecule has 0 bridgehead atoms. The second kappa shape index (κ2) is 5.27. The van der Waals surface area contributed by atoms with Crippen LogP contribution in [0.1, 0.15) is 12.2 Å². The van der Waals surface area contributed by atoms with Crippen molar-refractivity contribution in [1.29, 1.82) is 0 Å². The molecule has 1 aromatic heterocycles. The van der Waals surface area contributed by atoms with Crippen LogP contribution in [0.2, 0.25) is 5.15 Å². The Hall–Kier alpha value is -1.08. The molecule has 2 rings (SSSR count). The first-order valence-corrected chi connectivity index (χ1v) is 5.79. The van der Waals surface area contributed by atoms with Crippen LogP contribution in [0.3, 0.4) is 0 Å². The number of halogens is 4. The third kappa shape index (κ3) is 3.23. The van der Waals surface area contributed by atoms with E-state index >= 15 is 0 Å². The average Bonchev–Trinajstić information content (AvgIpc) is 2.55. The van der Waals surface area contributed by atoms with Gasteiger partial charge in [-0.1, -0.05) is 11.6 Å². The summed E-state index contributed by atoms with van der Waals surface area (Å²) in [6.07, 6.45) is -3.86. The van der Waals surface area contributed by atoms with E-state index in [4.69, 9.17) is 16.3 Å². The Morgan fingerprint density at radius 2 is 2.00 bits per heavy atom. The normalized spacial score (nSPS) is 17.7. The van der Waals surface area contributed by atoms with Gasteiger partial charge in [-0.15, -0.1) is 0 Å². The van der Waals surface area contributed by atoms with Crippen LogP contribution in [0.5, 0.6) is 0 Å². The van der Waals surface area contributed by atoms with Gasteiger partial charge >= 0.3 is 6.18 Å². The van der Waals surface area contributed by atoms with Gasteiger partial charge in [-0.25, -0.2) is 9.97 Å². The molecule has 2 heterocycles. The summed E-state index contributed by atoms with van der Waals surface area (Å²) in [6.45, 7) is 2.14. The number of alkyl halides is 3. The number of hydrogen-bond donors (Lipinski definition) is 0. The smallest absolute Gasteiger partial charge is 0.380 e. The summed E-state index contributed by atoms with van der Waals surface area (Å²) in [5, 5.41) is -0.211. The SMILES string of the molecule is FC(F)(F)c1nc(Cl)cc(N2CCCOCC2)n1. The lowest BCUT2D eigenvalue weighted by Crippen LogP contribution is -2.28. The van der Waals surface area contributed by atoms with Gasteiger partial charge in [0.05, 0.1) is 6.61 Å². The molecule has 0 spiro atoms. The molecule has 1 aliphatic heterocycles. The number of ether oxygens (including phenoxy) is 1. The first-order valence-electron chi connectivity index (χ1n) is 5.41. The first kappa shape index (κ1) is 13.4. The Labute approximate surface area is 107 Å². The highest BCUT2D eigenvalue weighted by Gasteiger charge is 2.35. The van der Waals surface area contributed by atoms with Gasteiger partial charge in [-0.3, -0.25) is 0 Å². The standard InChI is InChI=1S/C10H11ClF3N3O/c11-7-6-8(16-9(15-7)10(12,13)14)17-2-1-4-18-5-3-17/h6H,1-5H2. The van der Waals surface area contributed by atoms with E-state index in [0.717, 1.165) is 6.42 Å². The first-order chi connectivity index (χ1) is 8.47. The van der Waals surface area contributed by atoms with E-state index in [0.29, 0.717) is 26.3 Å². The molecule has 0 amide bonds. The molecule has 8 heteroatoms.